The first-order valence-corrected chi connectivity index (χ1v) is 9.39. The van der Waals surface area contributed by atoms with Gasteiger partial charge in [0.25, 0.3) is 0 Å². The lowest BCUT2D eigenvalue weighted by Crippen LogP contribution is -2.36. The molecule has 4 rings (SSSR count). The second-order valence-electron chi connectivity index (χ2n) is 7.34. The fraction of sp³-hybridized carbons (Fsp3) is 0.286. The molecular weight excluding hydrogens is 354 g/mol. The molecule has 0 saturated carbocycles. The highest BCUT2D eigenvalue weighted by atomic mass is 16.2. The monoisotopic (exact) mass is 377 g/mol. The molecule has 1 aliphatic rings. The van der Waals surface area contributed by atoms with Crippen LogP contribution in [-0.2, 0) is 4.79 Å². The first-order chi connectivity index (χ1) is 13.5. The van der Waals surface area contributed by atoms with Crippen LogP contribution in [-0.4, -0.2) is 47.0 Å². The van der Waals surface area contributed by atoms with E-state index in [1.807, 2.05) is 24.3 Å². The van der Waals surface area contributed by atoms with E-state index in [9.17, 15) is 9.59 Å². The lowest BCUT2D eigenvalue weighted by molar-refractivity contribution is -0.121. The Kier molecular flexibility index (Phi) is 4.83. The van der Waals surface area contributed by atoms with Gasteiger partial charge in [-0.15, -0.1) is 0 Å². The largest absolute Gasteiger partial charge is 0.366 e. The van der Waals surface area contributed by atoms with Gasteiger partial charge < -0.3 is 16.0 Å². The van der Waals surface area contributed by atoms with Crippen molar-refractivity contribution < 1.29 is 9.59 Å². The van der Waals surface area contributed by atoms with Crippen molar-refractivity contribution in [3.8, 4) is 11.1 Å². The van der Waals surface area contributed by atoms with Crippen LogP contribution in [0.25, 0.3) is 22.0 Å². The van der Waals surface area contributed by atoms with E-state index in [1.165, 1.54) is 0 Å². The molecule has 1 aromatic heterocycles. The van der Waals surface area contributed by atoms with Crippen LogP contribution in [0.15, 0.2) is 42.5 Å². The Bertz CT molecular complexity index is 1030. The zero-order chi connectivity index (χ0) is 19.7. The number of fused-ring (bicyclic) bond motifs is 1. The molecule has 2 aromatic carbocycles. The number of carbonyl (C=O) groups is 2. The van der Waals surface area contributed by atoms with E-state index in [2.05, 4.69) is 27.5 Å². The fourth-order valence-electron chi connectivity index (χ4n) is 3.63. The number of piperidine rings is 1. The maximum Gasteiger partial charge on any atom is 0.248 e. The van der Waals surface area contributed by atoms with E-state index in [-0.39, 0.29) is 11.8 Å². The zero-order valence-corrected chi connectivity index (χ0v) is 15.7. The molecule has 2 amide bonds. The molecule has 7 heteroatoms. The van der Waals surface area contributed by atoms with Gasteiger partial charge in [-0.2, -0.15) is 5.10 Å². The smallest absolute Gasteiger partial charge is 0.248 e. The predicted molar refractivity (Wildman–Crippen MR) is 109 cm³/mol. The van der Waals surface area contributed by atoms with Crippen molar-refractivity contribution >= 4 is 28.5 Å². The number of nitrogens with one attached hydrogen (secondary N) is 2. The molecule has 0 atom stereocenters. The number of likely N-dealkylation sites (tertiary alicyclic amines) is 1. The standard InChI is InChI=1S/C21H23N5O2/c1-26-9-7-13(8-10-26)21(28)23-20-17-12-15(5-6-18(17)24-25-20)14-3-2-4-16(11-14)19(22)27/h2-6,11-13H,7-10H2,1H3,(H2,22,27)(H2,23,24,25,28). The normalized spacial score (nSPS) is 15.6. The Morgan fingerprint density at radius 3 is 2.64 bits per heavy atom. The van der Waals surface area contributed by atoms with Gasteiger partial charge in [-0.05, 0) is 68.4 Å². The molecule has 1 saturated heterocycles. The molecule has 0 spiro atoms. The number of nitrogens with two attached hydrogens (primary N) is 1. The lowest BCUT2D eigenvalue weighted by Gasteiger charge is -2.27. The number of nitrogens with zero attached hydrogens (tertiary/aromatic N) is 2. The summed E-state index contributed by atoms with van der Waals surface area (Å²) in [5.74, 6) is 0.102. The molecule has 0 bridgehead atoms. The second kappa shape index (κ2) is 7.44. The summed E-state index contributed by atoms with van der Waals surface area (Å²) in [5.41, 5.74) is 8.49. The third-order valence-electron chi connectivity index (χ3n) is 5.37. The number of hydrogen-bond acceptors (Lipinski definition) is 4. The van der Waals surface area contributed by atoms with Gasteiger partial charge in [0.2, 0.25) is 11.8 Å². The average Bonchev–Trinajstić information content (AvgIpc) is 3.10. The van der Waals surface area contributed by atoms with Crippen LogP contribution in [0.5, 0.6) is 0 Å². The van der Waals surface area contributed by atoms with E-state index >= 15 is 0 Å². The Morgan fingerprint density at radius 1 is 1.14 bits per heavy atom. The minimum absolute atomic E-state index is 0.0124. The van der Waals surface area contributed by atoms with Crippen LogP contribution in [0.4, 0.5) is 5.82 Å². The molecule has 1 aliphatic heterocycles. The average molecular weight is 377 g/mol. The predicted octanol–water partition coefficient (Wildman–Crippen LogP) is 2.61. The summed E-state index contributed by atoms with van der Waals surface area (Å²) in [5, 5.41) is 11.1. The van der Waals surface area contributed by atoms with Gasteiger partial charge in [0.1, 0.15) is 0 Å². The summed E-state index contributed by atoms with van der Waals surface area (Å²) < 4.78 is 0. The highest BCUT2D eigenvalue weighted by molar-refractivity contribution is 6.02. The Balaban J connectivity index is 1.61. The van der Waals surface area contributed by atoms with E-state index in [4.69, 9.17) is 5.73 Å². The van der Waals surface area contributed by atoms with Crippen molar-refractivity contribution in [1.82, 2.24) is 15.1 Å². The number of carbonyl (C=O) groups excluding carboxylic acids is 2. The van der Waals surface area contributed by atoms with Crippen molar-refractivity contribution in [2.75, 3.05) is 25.5 Å². The van der Waals surface area contributed by atoms with Crippen LogP contribution in [0.2, 0.25) is 0 Å². The third kappa shape index (κ3) is 3.61. The molecule has 7 nitrogen and oxygen atoms in total. The molecule has 4 N–H and O–H groups in total. The maximum absolute atomic E-state index is 12.7. The van der Waals surface area contributed by atoms with Crippen LogP contribution >= 0.6 is 0 Å². The van der Waals surface area contributed by atoms with Gasteiger partial charge in [0, 0.05) is 16.9 Å². The highest BCUT2D eigenvalue weighted by Gasteiger charge is 2.24. The van der Waals surface area contributed by atoms with Crippen LogP contribution in [0.3, 0.4) is 0 Å². The first kappa shape index (κ1) is 18.2. The van der Waals surface area contributed by atoms with Crippen LogP contribution in [0, 0.1) is 5.92 Å². The second-order valence-corrected chi connectivity index (χ2v) is 7.34. The van der Waals surface area contributed by atoms with Crippen LogP contribution < -0.4 is 11.1 Å². The number of aromatic amines is 1. The SMILES string of the molecule is CN1CCC(C(=O)Nc2n[nH]c3ccc(-c4cccc(C(N)=O)c4)cc23)CC1. The number of aromatic nitrogens is 2. The minimum atomic E-state index is -0.461. The van der Waals surface area contributed by atoms with Gasteiger partial charge in [-0.25, -0.2) is 0 Å². The lowest BCUT2D eigenvalue weighted by atomic mass is 9.96. The Labute approximate surface area is 162 Å². The summed E-state index contributed by atoms with van der Waals surface area (Å²) in [6.45, 7) is 1.86. The van der Waals surface area contributed by atoms with Gasteiger partial charge in [0.15, 0.2) is 5.82 Å². The van der Waals surface area contributed by atoms with Crippen LogP contribution in [0.1, 0.15) is 23.2 Å². The van der Waals surface area contributed by atoms with Gasteiger partial charge in [-0.1, -0.05) is 18.2 Å². The summed E-state index contributed by atoms with van der Waals surface area (Å²) >= 11 is 0. The minimum Gasteiger partial charge on any atom is -0.366 e. The van der Waals surface area contributed by atoms with Crippen molar-refractivity contribution in [2.24, 2.45) is 11.7 Å². The molecule has 3 aromatic rings. The van der Waals surface area contributed by atoms with E-state index in [0.29, 0.717) is 11.4 Å². The molecule has 144 valence electrons. The Hall–Kier alpha value is -3.19. The topological polar surface area (TPSA) is 104 Å². The summed E-state index contributed by atoms with van der Waals surface area (Å²) in [6, 6.07) is 13.0. The number of H-pyrrole nitrogens is 1. The number of primary amides is 1. The van der Waals surface area contributed by atoms with E-state index < -0.39 is 5.91 Å². The summed E-state index contributed by atoms with van der Waals surface area (Å²) in [6.07, 6.45) is 1.71. The number of hydrogen-bond donors (Lipinski definition) is 3. The molecular formula is C21H23N5O2. The summed E-state index contributed by atoms with van der Waals surface area (Å²) in [7, 11) is 2.07. The molecule has 0 aliphatic carbocycles. The molecule has 0 unspecified atom stereocenters. The summed E-state index contributed by atoms with van der Waals surface area (Å²) in [4.78, 5) is 26.4. The van der Waals surface area contributed by atoms with E-state index in [0.717, 1.165) is 48.0 Å². The van der Waals surface area contributed by atoms with Crippen molar-refractivity contribution in [2.45, 2.75) is 12.8 Å². The van der Waals surface area contributed by atoms with Gasteiger partial charge in [0.05, 0.1) is 5.52 Å². The first-order valence-electron chi connectivity index (χ1n) is 9.39. The maximum atomic E-state index is 12.7. The van der Waals surface area contributed by atoms with Crippen molar-refractivity contribution in [1.29, 1.82) is 0 Å². The zero-order valence-electron chi connectivity index (χ0n) is 15.7. The number of anilines is 1. The number of rotatable bonds is 4. The Morgan fingerprint density at radius 2 is 1.89 bits per heavy atom. The third-order valence-corrected chi connectivity index (χ3v) is 5.37. The van der Waals surface area contributed by atoms with Crippen molar-refractivity contribution in [3.63, 3.8) is 0 Å². The quantitative estimate of drug-likeness (QED) is 0.650. The van der Waals surface area contributed by atoms with Crippen molar-refractivity contribution in [3.05, 3.63) is 48.0 Å². The fourth-order valence-corrected chi connectivity index (χ4v) is 3.63. The molecule has 28 heavy (non-hydrogen) atoms. The number of benzene rings is 2. The van der Waals surface area contributed by atoms with Gasteiger partial charge >= 0.3 is 0 Å². The molecule has 2 heterocycles. The number of amides is 2. The van der Waals surface area contributed by atoms with E-state index in [1.54, 1.807) is 18.2 Å². The van der Waals surface area contributed by atoms with Gasteiger partial charge in [-0.3, -0.25) is 14.7 Å². The molecule has 0 radical (unpaired) electrons. The molecule has 1 fully saturated rings. The highest BCUT2D eigenvalue weighted by Crippen LogP contribution is 2.29.